The van der Waals surface area contributed by atoms with Crippen molar-refractivity contribution in [2.24, 2.45) is 0 Å². The quantitative estimate of drug-likeness (QED) is 0.698. The summed E-state index contributed by atoms with van der Waals surface area (Å²) >= 11 is 0.842. The third kappa shape index (κ3) is 3.09. The number of hydrogen-bond donors (Lipinski definition) is 2. The Kier molecular flexibility index (Phi) is 3.52. The van der Waals surface area contributed by atoms with Gasteiger partial charge in [0.05, 0.1) is 18.9 Å². The summed E-state index contributed by atoms with van der Waals surface area (Å²) in [6, 6.07) is 0.951. The number of H-pyrrole nitrogens is 1. The maximum atomic E-state index is 10.8. The average molecular weight is 216 g/mol. The fraction of sp³-hybridized carbons (Fsp3) is 0.286. The SMILES string of the molecule is COC(=O)SCc1nc(O)cc(=O)[nH]1. The van der Waals surface area contributed by atoms with Crippen molar-refractivity contribution in [3.8, 4) is 5.88 Å². The Morgan fingerprint density at radius 3 is 3.07 bits per heavy atom. The molecule has 0 unspecified atom stereocenters. The number of carbonyl (C=O) groups is 1. The van der Waals surface area contributed by atoms with E-state index in [0.29, 0.717) is 0 Å². The highest BCUT2D eigenvalue weighted by Gasteiger charge is 2.05. The molecule has 0 saturated heterocycles. The largest absolute Gasteiger partial charge is 0.493 e. The van der Waals surface area contributed by atoms with E-state index < -0.39 is 10.9 Å². The van der Waals surface area contributed by atoms with Gasteiger partial charge in [0.25, 0.3) is 5.56 Å². The predicted octanol–water partition coefficient (Wildman–Crippen LogP) is 0.475. The second-order valence-electron chi connectivity index (χ2n) is 2.29. The van der Waals surface area contributed by atoms with Crippen molar-refractivity contribution in [3.05, 3.63) is 22.2 Å². The summed E-state index contributed by atoms with van der Waals surface area (Å²) in [7, 11) is 1.26. The lowest BCUT2D eigenvalue weighted by Gasteiger charge is -1.99. The van der Waals surface area contributed by atoms with Gasteiger partial charge in [-0.15, -0.1) is 0 Å². The average Bonchev–Trinajstić information content (AvgIpc) is 2.12. The van der Waals surface area contributed by atoms with Crippen LogP contribution in [0.2, 0.25) is 0 Å². The van der Waals surface area contributed by atoms with Crippen LogP contribution in [0.5, 0.6) is 5.88 Å². The number of aromatic amines is 1. The molecule has 0 bridgehead atoms. The van der Waals surface area contributed by atoms with Crippen LogP contribution in [0.15, 0.2) is 10.9 Å². The first kappa shape index (κ1) is 10.6. The molecule has 0 radical (unpaired) electrons. The van der Waals surface area contributed by atoms with E-state index in [2.05, 4.69) is 14.7 Å². The van der Waals surface area contributed by atoms with Gasteiger partial charge in [0.2, 0.25) is 5.88 Å². The number of nitrogens with zero attached hydrogens (tertiary/aromatic N) is 1. The van der Waals surface area contributed by atoms with Crippen molar-refractivity contribution in [2.45, 2.75) is 5.75 Å². The summed E-state index contributed by atoms with van der Waals surface area (Å²) in [5, 5.41) is 8.48. The Labute approximate surface area is 83.3 Å². The minimum absolute atomic E-state index is 0.149. The zero-order chi connectivity index (χ0) is 10.6. The van der Waals surface area contributed by atoms with Crippen LogP contribution in [-0.4, -0.2) is 27.5 Å². The zero-order valence-corrected chi connectivity index (χ0v) is 8.13. The maximum Gasteiger partial charge on any atom is 0.367 e. The van der Waals surface area contributed by atoms with E-state index in [4.69, 9.17) is 5.11 Å². The van der Waals surface area contributed by atoms with E-state index in [-0.39, 0.29) is 17.5 Å². The van der Waals surface area contributed by atoms with Crippen LogP contribution in [0.1, 0.15) is 5.82 Å². The zero-order valence-electron chi connectivity index (χ0n) is 7.31. The van der Waals surface area contributed by atoms with Crippen LogP contribution in [-0.2, 0) is 10.5 Å². The highest BCUT2D eigenvalue weighted by Crippen LogP contribution is 2.11. The summed E-state index contributed by atoms with van der Waals surface area (Å²) in [5.41, 5.74) is -0.460. The third-order valence-corrected chi connectivity index (χ3v) is 2.09. The first-order chi connectivity index (χ1) is 6.61. The lowest BCUT2D eigenvalue weighted by atomic mass is 10.6. The second kappa shape index (κ2) is 4.66. The van der Waals surface area contributed by atoms with Gasteiger partial charge in [-0.25, -0.2) is 4.79 Å². The molecule has 0 fully saturated rings. The molecule has 0 atom stereocenters. The van der Waals surface area contributed by atoms with E-state index >= 15 is 0 Å². The molecule has 1 aromatic heterocycles. The van der Waals surface area contributed by atoms with Crippen molar-refractivity contribution in [1.82, 2.24) is 9.97 Å². The lowest BCUT2D eigenvalue weighted by molar-refractivity contribution is 0.200. The van der Waals surface area contributed by atoms with Gasteiger partial charge in [-0.05, 0) is 11.8 Å². The Morgan fingerprint density at radius 2 is 2.50 bits per heavy atom. The highest BCUT2D eigenvalue weighted by atomic mass is 32.2. The second-order valence-corrected chi connectivity index (χ2v) is 3.20. The van der Waals surface area contributed by atoms with Gasteiger partial charge in [0.15, 0.2) is 0 Å². The van der Waals surface area contributed by atoms with E-state index in [0.717, 1.165) is 17.8 Å². The fourth-order valence-electron chi connectivity index (χ4n) is 0.749. The van der Waals surface area contributed by atoms with Crippen LogP contribution in [0, 0.1) is 0 Å². The smallest absolute Gasteiger partial charge is 0.367 e. The molecular formula is C7H8N2O4S. The Bertz CT molecular complexity index is 390. The standard InChI is InChI=1S/C7H8N2O4S/c1-13-7(12)14-3-4-8-5(10)2-6(11)9-4/h2H,3H2,1H3,(H2,8,9,10,11). The molecular weight excluding hydrogens is 208 g/mol. The van der Waals surface area contributed by atoms with Gasteiger partial charge in [-0.1, -0.05) is 0 Å². The number of aromatic hydroxyl groups is 1. The van der Waals surface area contributed by atoms with Crippen molar-refractivity contribution in [2.75, 3.05) is 7.11 Å². The van der Waals surface area contributed by atoms with Gasteiger partial charge in [0, 0.05) is 0 Å². The molecule has 1 aromatic rings. The summed E-state index contributed by atoms with van der Waals surface area (Å²) in [5.74, 6) is 0.00988. The summed E-state index contributed by atoms with van der Waals surface area (Å²) in [6.07, 6.45) is 0. The number of thioether (sulfide) groups is 1. The van der Waals surface area contributed by atoms with Gasteiger partial charge in [0.1, 0.15) is 5.82 Å². The van der Waals surface area contributed by atoms with E-state index in [1.165, 1.54) is 7.11 Å². The van der Waals surface area contributed by atoms with Crippen molar-refractivity contribution in [1.29, 1.82) is 0 Å². The van der Waals surface area contributed by atoms with Crippen molar-refractivity contribution in [3.63, 3.8) is 0 Å². The first-order valence-electron chi connectivity index (χ1n) is 3.62. The van der Waals surface area contributed by atoms with Crippen LogP contribution < -0.4 is 5.56 Å². The normalized spacial score (nSPS) is 9.79. The maximum absolute atomic E-state index is 10.8. The summed E-state index contributed by atoms with van der Waals surface area (Å²) in [6.45, 7) is 0. The Morgan fingerprint density at radius 1 is 1.79 bits per heavy atom. The monoisotopic (exact) mass is 216 g/mol. The number of nitrogens with one attached hydrogen (secondary N) is 1. The molecule has 1 heterocycles. The molecule has 2 N–H and O–H groups in total. The Hall–Kier alpha value is -1.50. The molecule has 0 aliphatic heterocycles. The van der Waals surface area contributed by atoms with E-state index in [1.54, 1.807) is 0 Å². The number of methoxy groups -OCH3 is 1. The van der Waals surface area contributed by atoms with Crippen molar-refractivity contribution < 1.29 is 14.6 Å². The van der Waals surface area contributed by atoms with Gasteiger partial charge in [-0.3, -0.25) is 4.79 Å². The molecule has 7 heteroatoms. The first-order valence-corrected chi connectivity index (χ1v) is 4.60. The molecule has 0 spiro atoms. The molecule has 0 amide bonds. The number of rotatable bonds is 2. The third-order valence-electron chi connectivity index (χ3n) is 1.27. The van der Waals surface area contributed by atoms with E-state index in [1.807, 2.05) is 0 Å². The predicted molar refractivity (Wildman–Crippen MR) is 50.2 cm³/mol. The fourth-order valence-corrected chi connectivity index (χ4v) is 1.26. The molecule has 14 heavy (non-hydrogen) atoms. The number of ether oxygens (including phenoxy) is 1. The number of carbonyl (C=O) groups excluding carboxylic acids is 1. The molecule has 0 saturated carbocycles. The molecule has 0 aliphatic rings. The van der Waals surface area contributed by atoms with Gasteiger partial charge < -0.3 is 14.8 Å². The molecule has 0 aliphatic carbocycles. The number of hydrogen-bond acceptors (Lipinski definition) is 6. The van der Waals surface area contributed by atoms with Crippen LogP contribution in [0.4, 0.5) is 4.79 Å². The highest BCUT2D eigenvalue weighted by molar-refractivity contribution is 8.12. The van der Waals surface area contributed by atoms with Crippen LogP contribution >= 0.6 is 11.8 Å². The Balaban J connectivity index is 2.68. The minimum Gasteiger partial charge on any atom is -0.493 e. The molecule has 1 rings (SSSR count). The topological polar surface area (TPSA) is 92.3 Å². The van der Waals surface area contributed by atoms with Gasteiger partial charge >= 0.3 is 5.30 Å². The lowest BCUT2D eigenvalue weighted by Crippen LogP contribution is -2.09. The van der Waals surface area contributed by atoms with Crippen molar-refractivity contribution >= 4 is 17.1 Å². The van der Waals surface area contributed by atoms with Crippen LogP contribution in [0.25, 0.3) is 0 Å². The number of aromatic nitrogens is 2. The summed E-state index contributed by atoms with van der Waals surface area (Å²) in [4.78, 5) is 27.5. The minimum atomic E-state index is -0.476. The summed E-state index contributed by atoms with van der Waals surface area (Å²) < 4.78 is 4.37. The molecule has 6 nitrogen and oxygen atoms in total. The molecule has 76 valence electrons. The van der Waals surface area contributed by atoms with Crippen LogP contribution in [0.3, 0.4) is 0 Å². The molecule has 0 aromatic carbocycles. The van der Waals surface area contributed by atoms with E-state index in [9.17, 15) is 9.59 Å². The van der Waals surface area contributed by atoms with Gasteiger partial charge in [-0.2, -0.15) is 4.98 Å².